The molecule has 1 aromatic rings. The van der Waals surface area contributed by atoms with Crippen LogP contribution in [0, 0.1) is 12.8 Å². The zero-order valence-electron chi connectivity index (χ0n) is 10.6. The molecule has 1 amide bonds. The van der Waals surface area contributed by atoms with E-state index in [1.807, 2.05) is 0 Å². The highest BCUT2D eigenvalue weighted by atomic mass is 35.5. The Morgan fingerprint density at radius 3 is 2.56 bits per heavy atom. The van der Waals surface area contributed by atoms with E-state index in [-0.39, 0.29) is 12.5 Å². The number of carboxylic acid groups (broad SMARTS) is 1. The highest BCUT2D eigenvalue weighted by Crippen LogP contribution is 2.27. The Morgan fingerprint density at radius 2 is 2.06 bits per heavy atom. The molecule has 0 fully saturated rings. The van der Waals surface area contributed by atoms with Gasteiger partial charge in [-0.25, -0.2) is 0 Å². The van der Waals surface area contributed by atoms with E-state index in [1.165, 1.54) is 11.8 Å². The molecule has 0 aliphatic heterocycles. The summed E-state index contributed by atoms with van der Waals surface area (Å²) in [4.78, 5) is 24.0. The summed E-state index contributed by atoms with van der Waals surface area (Å²) in [5.74, 6) is -1.76. The van der Waals surface area contributed by atoms with Crippen LogP contribution in [0.2, 0.25) is 5.02 Å². The molecular formula is C13H16ClNO3. The summed E-state index contributed by atoms with van der Waals surface area (Å²) in [5.41, 5.74) is 1.43. The lowest BCUT2D eigenvalue weighted by Crippen LogP contribution is -2.35. The fourth-order valence-corrected chi connectivity index (χ4v) is 1.81. The lowest BCUT2D eigenvalue weighted by molar-refractivity contribution is -0.140. The standard InChI is InChI=1S/C13H16ClNO3/c1-8(13(17)18)7-15(10(3)16)12-6-4-5-11(14)9(12)2/h4-6,8H,7H2,1-3H3,(H,17,18). The van der Waals surface area contributed by atoms with E-state index < -0.39 is 11.9 Å². The molecule has 0 spiro atoms. The monoisotopic (exact) mass is 269 g/mol. The maximum atomic E-state index is 11.7. The summed E-state index contributed by atoms with van der Waals surface area (Å²) in [5, 5.41) is 9.48. The van der Waals surface area contributed by atoms with Gasteiger partial charge < -0.3 is 10.0 Å². The number of nitrogens with zero attached hydrogens (tertiary/aromatic N) is 1. The Balaban J connectivity index is 3.09. The lowest BCUT2D eigenvalue weighted by atomic mass is 10.1. The molecule has 0 saturated carbocycles. The Hall–Kier alpha value is -1.55. The third kappa shape index (κ3) is 3.23. The number of carboxylic acids is 1. The number of benzene rings is 1. The second kappa shape index (κ2) is 5.87. The van der Waals surface area contributed by atoms with E-state index in [9.17, 15) is 9.59 Å². The minimum absolute atomic E-state index is 0.131. The van der Waals surface area contributed by atoms with Crippen molar-refractivity contribution in [3.8, 4) is 0 Å². The largest absolute Gasteiger partial charge is 0.481 e. The van der Waals surface area contributed by atoms with Gasteiger partial charge in [-0.2, -0.15) is 0 Å². The summed E-state index contributed by atoms with van der Waals surface area (Å²) in [6.45, 7) is 4.91. The van der Waals surface area contributed by atoms with Crippen molar-refractivity contribution in [3.05, 3.63) is 28.8 Å². The van der Waals surface area contributed by atoms with Crippen LogP contribution in [-0.2, 0) is 9.59 Å². The first-order valence-electron chi connectivity index (χ1n) is 5.60. The van der Waals surface area contributed by atoms with Crippen molar-refractivity contribution in [1.82, 2.24) is 0 Å². The van der Waals surface area contributed by atoms with Gasteiger partial charge >= 0.3 is 5.97 Å². The molecule has 0 aromatic heterocycles. The number of aliphatic carboxylic acids is 1. The maximum absolute atomic E-state index is 11.7. The van der Waals surface area contributed by atoms with E-state index in [1.54, 1.807) is 32.0 Å². The van der Waals surface area contributed by atoms with Crippen LogP contribution < -0.4 is 4.90 Å². The molecule has 0 heterocycles. The molecule has 98 valence electrons. The van der Waals surface area contributed by atoms with Crippen LogP contribution in [0.3, 0.4) is 0 Å². The number of carbonyl (C=O) groups excluding carboxylic acids is 1. The number of halogens is 1. The third-order valence-electron chi connectivity index (χ3n) is 2.79. The Bertz CT molecular complexity index is 473. The van der Waals surface area contributed by atoms with Gasteiger partial charge in [0.2, 0.25) is 5.91 Å². The van der Waals surface area contributed by atoms with Gasteiger partial charge in [0.05, 0.1) is 5.92 Å². The molecule has 0 saturated heterocycles. The molecule has 1 unspecified atom stereocenters. The average Bonchev–Trinajstić information content (AvgIpc) is 2.29. The SMILES string of the molecule is CC(=O)N(CC(C)C(=O)O)c1cccc(Cl)c1C. The van der Waals surface area contributed by atoms with Crippen molar-refractivity contribution < 1.29 is 14.7 Å². The van der Waals surface area contributed by atoms with Crippen LogP contribution in [0.4, 0.5) is 5.69 Å². The van der Waals surface area contributed by atoms with E-state index in [2.05, 4.69) is 0 Å². The molecular weight excluding hydrogens is 254 g/mol. The molecule has 0 aliphatic carbocycles. The predicted octanol–water partition coefficient (Wildman–Crippen LogP) is 2.72. The zero-order chi connectivity index (χ0) is 13.9. The van der Waals surface area contributed by atoms with E-state index >= 15 is 0 Å². The maximum Gasteiger partial charge on any atom is 0.308 e. The minimum atomic E-state index is -0.930. The molecule has 1 rings (SSSR count). The van der Waals surface area contributed by atoms with Crippen molar-refractivity contribution in [2.45, 2.75) is 20.8 Å². The summed E-state index contributed by atoms with van der Waals surface area (Å²) in [7, 11) is 0. The molecule has 1 atom stereocenters. The lowest BCUT2D eigenvalue weighted by Gasteiger charge is -2.25. The van der Waals surface area contributed by atoms with E-state index in [0.29, 0.717) is 10.7 Å². The van der Waals surface area contributed by atoms with Crippen LogP contribution in [0.1, 0.15) is 19.4 Å². The second-order valence-corrected chi connectivity index (χ2v) is 4.66. The molecule has 18 heavy (non-hydrogen) atoms. The van der Waals surface area contributed by atoms with Crippen molar-refractivity contribution in [3.63, 3.8) is 0 Å². The molecule has 0 aliphatic rings. The van der Waals surface area contributed by atoms with Gasteiger partial charge in [-0.15, -0.1) is 0 Å². The van der Waals surface area contributed by atoms with Gasteiger partial charge in [0.15, 0.2) is 0 Å². The molecule has 5 heteroatoms. The summed E-state index contributed by atoms with van der Waals surface area (Å²) in [6, 6.07) is 5.24. The van der Waals surface area contributed by atoms with Crippen LogP contribution in [0.15, 0.2) is 18.2 Å². The van der Waals surface area contributed by atoms with Gasteiger partial charge in [0.1, 0.15) is 0 Å². The first-order valence-corrected chi connectivity index (χ1v) is 5.98. The first kappa shape index (κ1) is 14.5. The number of rotatable bonds is 4. The van der Waals surface area contributed by atoms with Crippen LogP contribution in [0.5, 0.6) is 0 Å². The second-order valence-electron chi connectivity index (χ2n) is 4.25. The van der Waals surface area contributed by atoms with Gasteiger partial charge in [0.25, 0.3) is 0 Å². The van der Waals surface area contributed by atoms with Gasteiger partial charge in [0, 0.05) is 24.2 Å². The zero-order valence-corrected chi connectivity index (χ0v) is 11.4. The Morgan fingerprint density at radius 1 is 1.44 bits per heavy atom. The highest BCUT2D eigenvalue weighted by Gasteiger charge is 2.21. The Labute approximate surface area is 111 Å². The summed E-state index contributed by atoms with van der Waals surface area (Å²) in [6.07, 6.45) is 0. The van der Waals surface area contributed by atoms with Crippen LogP contribution in [0.25, 0.3) is 0 Å². The minimum Gasteiger partial charge on any atom is -0.481 e. The molecule has 4 nitrogen and oxygen atoms in total. The van der Waals surface area contributed by atoms with E-state index in [4.69, 9.17) is 16.7 Å². The van der Waals surface area contributed by atoms with Crippen molar-refractivity contribution in [1.29, 1.82) is 0 Å². The number of amides is 1. The number of carbonyl (C=O) groups is 2. The summed E-state index contributed by atoms with van der Waals surface area (Å²) >= 11 is 6.01. The topological polar surface area (TPSA) is 57.6 Å². The first-order chi connectivity index (χ1) is 8.34. The molecule has 0 bridgehead atoms. The van der Waals surface area contributed by atoms with Gasteiger partial charge in [-0.1, -0.05) is 24.6 Å². The van der Waals surface area contributed by atoms with Gasteiger partial charge in [-0.3, -0.25) is 9.59 Å². The predicted molar refractivity (Wildman–Crippen MR) is 71.0 cm³/mol. The average molecular weight is 270 g/mol. The van der Waals surface area contributed by atoms with Gasteiger partial charge in [-0.05, 0) is 24.6 Å². The Kier molecular flexibility index (Phi) is 4.73. The number of anilines is 1. The van der Waals surface area contributed by atoms with Crippen LogP contribution in [-0.4, -0.2) is 23.5 Å². The van der Waals surface area contributed by atoms with Crippen molar-refractivity contribution in [2.75, 3.05) is 11.4 Å². The summed E-state index contributed by atoms with van der Waals surface area (Å²) < 4.78 is 0. The highest BCUT2D eigenvalue weighted by molar-refractivity contribution is 6.31. The molecule has 0 radical (unpaired) electrons. The smallest absolute Gasteiger partial charge is 0.308 e. The molecule has 1 N–H and O–H groups in total. The molecule has 1 aromatic carbocycles. The fraction of sp³-hybridized carbons (Fsp3) is 0.385. The van der Waals surface area contributed by atoms with E-state index in [0.717, 1.165) is 5.56 Å². The quantitative estimate of drug-likeness (QED) is 0.914. The fourth-order valence-electron chi connectivity index (χ4n) is 1.64. The number of hydrogen-bond donors (Lipinski definition) is 1. The third-order valence-corrected chi connectivity index (χ3v) is 3.20. The van der Waals surface area contributed by atoms with Crippen LogP contribution >= 0.6 is 11.6 Å². The number of hydrogen-bond acceptors (Lipinski definition) is 2. The van der Waals surface area contributed by atoms with Crippen molar-refractivity contribution >= 4 is 29.2 Å². The normalized spacial score (nSPS) is 12.0. The van der Waals surface area contributed by atoms with Crippen molar-refractivity contribution in [2.24, 2.45) is 5.92 Å².